The van der Waals surface area contributed by atoms with Crippen LogP contribution in [0.4, 0.5) is 0 Å². The van der Waals surface area contributed by atoms with Crippen LogP contribution in [0.2, 0.25) is 0 Å². The lowest BCUT2D eigenvalue weighted by Gasteiger charge is -2.26. The number of aliphatic hydroxyl groups is 1. The molecule has 6 heteroatoms. The first-order valence-corrected chi connectivity index (χ1v) is 11.8. The van der Waals surface area contributed by atoms with Crippen molar-refractivity contribution in [1.82, 2.24) is 10.2 Å². The maximum atomic E-state index is 10.5. The average molecular weight is 443 g/mol. The second-order valence-corrected chi connectivity index (χ2v) is 8.36. The highest BCUT2D eigenvalue weighted by Crippen LogP contribution is 2.28. The number of methoxy groups -OCH3 is 1. The zero-order valence-electron chi connectivity index (χ0n) is 19.3. The highest BCUT2D eigenvalue weighted by atomic mass is 16.5. The summed E-state index contributed by atoms with van der Waals surface area (Å²) in [7, 11) is 1.64. The number of para-hydroxylation sites is 1. The van der Waals surface area contributed by atoms with Crippen molar-refractivity contribution in [2.75, 3.05) is 46.5 Å². The monoisotopic (exact) mass is 442 g/mol. The Labute approximate surface area is 192 Å². The Morgan fingerprint density at radius 3 is 2.44 bits per heavy atom. The Morgan fingerprint density at radius 1 is 0.938 bits per heavy atom. The van der Waals surface area contributed by atoms with Gasteiger partial charge in [0.25, 0.3) is 0 Å². The summed E-state index contributed by atoms with van der Waals surface area (Å²) in [5.74, 6) is 2.23. The minimum Gasteiger partial charge on any atom is -0.493 e. The van der Waals surface area contributed by atoms with E-state index in [2.05, 4.69) is 10.2 Å². The molecule has 1 aliphatic rings. The number of benzene rings is 2. The quantitative estimate of drug-likeness (QED) is 0.487. The third kappa shape index (κ3) is 8.69. The zero-order chi connectivity index (χ0) is 22.4. The Hall–Kier alpha value is -2.28. The van der Waals surface area contributed by atoms with Crippen LogP contribution in [-0.4, -0.2) is 62.6 Å². The number of ether oxygens (including phenoxy) is 3. The summed E-state index contributed by atoms with van der Waals surface area (Å²) >= 11 is 0. The van der Waals surface area contributed by atoms with Crippen molar-refractivity contribution in [2.24, 2.45) is 0 Å². The van der Waals surface area contributed by atoms with Gasteiger partial charge >= 0.3 is 0 Å². The van der Waals surface area contributed by atoms with Crippen molar-refractivity contribution in [3.05, 3.63) is 54.1 Å². The standard InChI is InChI=1S/C26H38N2O4/c1-30-26-18-22(19-27-14-17-31-24-10-6-5-7-11-24)12-13-25(26)32-21-23(29)20-28-15-8-3-2-4-9-16-28/h5-7,10-13,18,23,27,29H,2-4,8-9,14-17,19-21H2,1H3. The molecular formula is C26H38N2O4. The summed E-state index contributed by atoms with van der Waals surface area (Å²) in [6.07, 6.45) is 5.85. The molecule has 0 aliphatic carbocycles. The second kappa shape index (κ2) is 14.0. The van der Waals surface area contributed by atoms with Crippen molar-refractivity contribution >= 4 is 0 Å². The van der Waals surface area contributed by atoms with Crippen LogP contribution in [-0.2, 0) is 6.54 Å². The third-order valence-electron chi connectivity index (χ3n) is 5.70. The zero-order valence-corrected chi connectivity index (χ0v) is 19.3. The molecule has 176 valence electrons. The SMILES string of the molecule is COc1cc(CNCCOc2ccccc2)ccc1OCC(O)CN1CCCCCCC1. The van der Waals surface area contributed by atoms with Crippen LogP contribution in [0.25, 0.3) is 0 Å². The highest BCUT2D eigenvalue weighted by molar-refractivity contribution is 5.43. The van der Waals surface area contributed by atoms with E-state index in [0.717, 1.165) is 30.9 Å². The number of aliphatic hydroxyl groups excluding tert-OH is 1. The number of rotatable bonds is 12. The first kappa shape index (κ1) is 24.4. The summed E-state index contributed by atoms with van der Waals surface area (Å²) in [5.41, 5.74) is 1.11. The normalized spacial score (nSPS) is 16.1. The van der Waals surface area contributed by atoms with Gasteiger partial charge in [-0.05, 0) is 55.8 Å². The Kier molecular flexibility index (Phi) is 10.7. The molecule has 32 heavy (non-hydrogen) atoms. The predicted molar refractivity (Wildman–Crippen MR) is 128 cm³/mol. The number of nitrogens with one attached hydrogen (secondary N) is 1. The van der Waals surface area contributed by atoms with Crippen LogP contribution < -0.4 is 19.5 Å². The van der Waals surface area contributed by atoms with E-state index < -0.39 is 6.10 Å². The van der Waals surface area contributed by atoms with Gasteiger partial charge in [-0.2, -0.15) is 0 Å². The van der Waals surface area contributed by atoms with Crippen LogP contribution in [0.3, 0.4) is 0 Å². The molecule has 0 amide bonds. The molecule has 0 radical (unpaired) electrons. The molecule has 0 spiro atoms. The molecule has 2 N–H and O–H groups in total. The van der Waals surface area contributed by atoms with E-state index in [1.165, 1.54) is 32.1 Å². The maximum Gasteiger partial charge on any atom is 0.161 e. The summed E-state index contributed by atoms with van der Waals surface area (Å²) in [6, 6.07) is 15.7. The van der Waals surface area contributed by atoms with Crippen LogP contribution in [0.15, 0.2) is 48.5 Å². The lowest BCUT2D eigenvalue weighted by atomic mass is 10.1. The first-order valence-electron chi connectivity index (χ1n) is 11.8. The van der Waals surface area contributed by atoms with E-state index in [1.807, 2.05) is 48.5 Å². The van der Waals surface area contributed by atoms with E-state index >= 15 is 0 Å². The molecule has 6 nitrogen and oxygen atoms in total. The number of hydrogen-bond donors (Lipinski definition) is 2. The van der Waals surface area contributed by atoms with Crippen LogP contribution >= 0.6 is 0 Å². The van der Waals surface area contributed by atoms with Gasteiger partial charge in [0, 0.05) is 19.6 Å². The fraction of sp³-hybridized carbons (Fsp3) is 0.538. The highest BCUT2D eigenvalue weighted by Gasteiger charge is 2.15. The molecule has 0 bridgehead atoms. The first-order chi connectivity index (χ1) is 15.7. The molecule has 1 saturated heterocycles. The average Bonchev–Trinajstić information content (AvgIpc) is 2.80. The molecule has 0 aromatic heterocycles. The summed E-state index contributed by atoms with van der Waals surface area (Å²) in [4.78, 5) is 2.36. The van der Waals surface area contributed by atoms with E-state index in [-0.39, 0.29) is 6.61 Å². The van der Waals surface area contributed by atoms with E-state index in [1.54, 1.807) is 7.11 Å². The van der Waals surface area contributed by atoms with Gasteiger partial charge in [0.05, 0.1) is 7.11 Å². The summed E-state index contributed by atoms with van der Waals surface area (Å²) in [5, 5.41) is 13.8. The Balaban J connectivity index is 1.39. The predicted octanol–water partition coefficient (Wildman–Crippen LogP) is 3.87. The van der Waals surface area contributed by atoms with Crippen molar-refractivity contribution in [3.63, 3.8) is 0 Å². The molecule has 3 rings (SSSR count). The Morgan fingerprint density at radius 2 is 1.69 bits per heavy atom. The van der Waals surface area contributed by atoms with Gasteiger partial charge in [0.15, 0.2) is 11.5 Å². The van der Waals surface area contributed by atoms with Crippen LogP contribution in [0.1, 0.15) is 37.7 Å². The lowest BCUT2D eigenvalue weighted by Crippen LogP contribution is -2.37. The van der Waals surface area contributed by atoms with Crippen LogP contribution in [0, 0.1) is 0 Å². The van der Waals surface area contributed by atoms with E-state index in [0.29, 0.717) is 31.2 Å². The van der Waals surface area contributed by atoms with Crippen molar-refractivity contribution in [2.45, 2.75) is 44.8 Å². The summed E-state index contributed by atoms with van der Waals surface area (Å²) < 4.78 is 17.1. The number of nitrogens with zero attached hydrogens (tertiary/aromatic N) is 1. The van der Waals surface area contributed by atoms with Gasteiger partial charge in [-0.1, -0.05) is 43.5 Å². The molecule has 0 saturated carbocycles. The molecule has 2 aromatic rings. The third-order valence-corrected chi connectivity index (χ3v) is 5.70. The molecule has 1 aliphatic heterocycles. The van der Waals surface area contributed by atoms with Gasteiger partial charge in [-0.15, -0.1) is 0 Å². The van der Waals surface area contributed by atoms with Crippen molar-refractivity contribution in [3.8, 4) is 17.2 Å². The lowest BCUT2D eigenvalue weighted by molar-refractivity contribution is 0.0645. The molecular weight excluding hydrogens is 404 g/mol. The van der Waals surface area contributed by atoms with Gasteiger partial charge in [0.1, 0.15) is 25.1 Å². The van der Waals surface area contributed by atoms with E-state index in [9.17, 15) is 5.11 Å². The second-order valence-electron chi connectivity index (χ2n) is 8.36. The molecule has 2 aromatic carbocycles. The Bertz CT molecular complexity index is 764. The number of likely N-dealkylation sites (tertiary alicyclic amines) is 1. The smallest absolute Gasteiger partial charge is 0.161 e. The molecule has 1 fully saturated rings. The van der Waals surface area contributed by atoms with Crippen LogP contribution in [0.5, 0.6) is 17.2 Å². The van der Waals surface area contributed by atoms with Gasteiger partial charge < -0.3 is 29.5 Å². The van der Waals surface area contributed by atoms with Gasteiger partial charge in [0.2, 0.25) is 0 Å². The number of β-amino-alcohol motifs (C(OH)–C–C–N with tert-alkyl or cyclic N) is 1. The number of hydrogen-bond acceptors (Lipinski definition) is 6. The molecule has 1 heterocycles. The van der Waals surface area contributed by atoms with E-state index in [4.69, 9.17) is 14.2 Å². The van der Waals surface area contributed by atoms with Crippen molar-refractivity contribution < 1.29 is 19.3 Å². The van der Waals surface area contributed by atoms with Gasteiger partial charge in [-0.3, -0.25) is 0 Å². The minimum absolute atomic E-state index is 0.265. The topological polar surface area (TPSA) is 63.2 Å². The van der Waals surface area contributed by atoms with Crippen molar-refractivity contribution in [1.29, 1.82) is 0 Å². The fourth-order valence-corrected chi connectivity index (χ4v) is 3.96. The van der Waals surface area contributed by atoms with Gasteiger partial charge in [-0.25, -0.2) is 0 Å². The fourth-order valence-electron chi connectivity index (χ4n) is 3.96. The maximum absolute atomic E-state index is 10.5. The molecule has 1 atom stereocenters. The largest absolute Gasteiger partial charge is 0.493 e. The minimum atomic E-state index is -0.509. The summed E-state index contributed by atoms with van der Waals surface area (Å²) in [6.45, 7) is 5.13. The molecule has 1 unspecified atom stereocenters.